The van der Waals surface area contributed by atoms with Crippen molar-refractivity contribution in [1.29, 1.82) is 0 Å². The van der Waals surface area contributed by atoms with Crippen LogP contribution >= 0.6 is 11.6 Å². The third kappa shape index (κ3) is 5.41. The fraction of sp³-hybridized carbons (Fsp3) is 0.333. The number of amides is 1. The molecule has 1 aliphatic rings. The van der Waals surface area contributed by atoms with Crippen LogP contribution in [0.1, 0.15) is 6.92 Å². The molecular weight excluding hydrogens is 420 g/mol. The summed E-state index contributed by atoms with van der Waals surface area (Å²) in [5, 5.41) is 10.6. The summed E-state index contributed by atoms with van der Waals surface area (Å²) in [4.78, 5) is 33.6. The summed E-state index contributed by atoms with van der Waals surface area (Å²) in [6.45, 7) is 1.21. The molecule has 0 radical (unpaired) electrons. The largest absolute Gasteiger partial charge is 0.463 e. The highest BCUT2D eigenvalue weighted by Crippen LogP contribution is 2.28. The Kier molecular flexibility index (Phi) is 6.94. The normalized spacial score (nSPS) is 17.0. The third-order valence-corrected chi connectivity index (χ3v) is 4.99. The van der Waals surface area contributed by atoms with Crippen LogP contribution in [0.15, 0.2) is 35.4 Å². The Hall–Kier alpha value is -2.70. The Labute approximate surface area is 164 Å². The van der Waals surface area contributed by atoms with Gasteiger partial charge in [0.1, 0.15) is 22.6 Å². The number of halogens is 1. The van der Waals surface area contributed by atoms with Crippen LogP contribution in [0.4, 0.5) is 10.5 Å². The van der Waals surface area contributed by atoms with E-state index in [1.165, 1.54) is 0 Å². The van der Waals surface area contributed by atoms with E-state index in [1.807, 2.05) is 0 Å². The number of nitro groups is 1. The number of cyclic esters (lactones) is 1. The highest BCUT2D eigenvalue weighted by atomic mass is 35.5. The molecule has 1 saturated heterocycles. The number of hydrogen-bond donors (Lipinski definition) is 0. The summed E-state index contributed by atoms with van der Waals surface area (Å²) in [7, 11) is -4.35. The molecule has 1 aliphatic heterocycles. The molecule has 0 N–H and O–H groups in total. The molecule has 1 amide bonds. The van der Waals surface area contributed by atoms with E-state index in [2.05, 4.69) is 4.74 Å². The lowest BCUT2D eigenvalue weighted by Crippen LogP contribution is -2.23. The quantitative estimate of drug-likeness (QED) is 0.197. The standard InChI is InChI=1S/C15H15ClN2O9S/c1-2-25-14(19)5-6-17-8-10(27-15(17)20)9-26-28(23,24)11-3-4-12(16)13(7-11)18(21)22/h3-7,10H,2,8-9H2,1H3. The van der Waals surface area contributed by atoms with Crippen molar-refractivity contribution >= 4 is 39.5 Å². The molecule has 1 fully saturated rings. The monoisotopic (exact) mass is 434 g/mol. The zero-order valence-corrected chi connectivity index (χ0v) is 16.0. The maximum Gasteiger partial charge on any atom is 0.414 e. The van der Waals surface area contributed by atoms with Crippen molar-refractivity contribution in [3.05, 3.63) is 45.6 Å². The average Bonchev–Trinajstić information content (AvgIpc) is 2.98. The SMILES string of the molecule is CCOC(=O)C=CN1CC(COS(=O)(=O)c2ccc(Cl)c([N+](=O)[O-])c2)OC1=O. The highest BCUT2D eigenvalue weighted by molar-refractivity contribution is 7.86. The van der Waals surface area contributed by atoms with Gasteiger partial charge in [-0.25, -0.2) is 9.59 Å². The zero-order chi connectivity index (χ0) is 20.9. The number of esters is 1. The predicted molar refractivity (Wildman–Crippen MR) is 94.0 cm³/mol. The topological polar surface area (TPSA) is 142 Å². The number of rotatable bonds is 8. The summed E-state index contributed by atoms with van der Waals surface area (Å²) in [5.41, 5.74) is -0.589. The van der Waals surface area contributed by atoms with Gasteiger partial charge in [-0.2, -0.15) is 8.42 Å². The molecule has 0 bridgehead atoms. The van der Waals surface area contributed by atoms with Crippen LogP contribution < -0.4 is 0 Å². The van der Waals surface area contributed by atoms with Crippen LogP contribution in [0.5, 0.6) is 0 Å². The zero-order valence-electron chi connectivity index (χ0n) is 14.4. The number of carbonyl (C=O) groups is 2. The van der Waals surface area contributed by atoms with Gasteiger partial charge >= 0.3 is 12.1 Å². The van der Waals surface area contributed by atoms with Crippen molar-refractivity contribution in [3.8, 4) is 0 Å². The summed E-state index contributed by atoms with van der Waals surface area (Å²) >= 11 is 5.65. The summed E-state index contributed by atoms with van der Waals surface area (Å²) in [6.07, 6.45) is 0.444. The minimum absolute atomic E-state index is 0.0645. The number of nitro benzene ring substituents is 1. The minimum Gasteiger partial charge on any atom is -0.463 e. The van der Waals surface area contributed by atoms with Gasteiger partial charge in [0.15, 0.2) is 0 Å². The Morgan fingerprint density at radius 3 is 2.86 bits per heavy atom. The lowest BCUT2D eigenvalue weighted by molar-refractivity contribution is -0.384. The van der Waals surface area contributed by atoms with Crippen LogP contribution in [0.25, 0.3) is 0 Å². The first-order valence-electron chi connectivity index (χ1n) is 7.79. The molecule has 2 rings (SSSR count). The molecule has 13 heteroatoms. The van der Waals surface area contributed by atoms with Gasteiger partial charge in [0.25, 0.3) is 15.8 Å². The van der Waals surface area contributed by atoms with Gasteiger partial charge in [-0.05, 0) is 19.1 Å². The van der Waals surface area contributed by atoms with Gasteiger partial charge in [-0.15, -0.1) is 0 Å². The molecule has 11 nitrogen and oxygen atoms in total. The van der Waals surface area contributed by atoms with Crippen molar-refractivity contribution in [1.82, 2.24) is 4.90 Å². The summed E-state index contributed by atoms with van der Waals surface area (Å²) in [5.74, 6) is -0.651. The molecular formula is C15H15ClN2O9S. The second kappa shape index (κ2) is 8.99. The number of ether oxygens (including phenoxy) is 2. The maximum absolute atomic E-state index is 12.2. The van der Waals surface area contributed by atoms with Gasteiger partial charge in [-0.3, -0.25) is 19.2 Å². The lowest BCUT2D eigenvalue weighted by atomic mass is 10.3. The van der Waals surface area contributed by atoms with E-state index < -0.39 is 50.4 Å². The van der Waals surface area contributed by atoms with Crippen LogP contribution in [-0.2, 0) is 28.6 Å². The molecule has 1 aromatic rings. The maximum atomic E-state index is 12.2. The van der Waals surface area contributed by atoms with Crippen LogP contribution in [0, 0.1) is 10.1 Å². The van der Waals surface area contributed by atoms with E-state index in [9.17, 15) is 28.1 Å². The van der Waals surface area contributed by atoms with E-state index in [4.69, 9.17) is 20.5 Å². The lowest BCUT2D eigenvalue weighted by Gasteiger charge is -2.10. The van der Waals surface area contributed by atoms with Crippen molar-refractivity contribution in [3.63, 3.8) is 0 Å². The van der Waals surface area contributed by atoms with Gasteiger partial charge < -0.3 is 9.47 Å². The van der Waals surface area contributed by atoms with Crippen molar-refractivity contribution < 1.29 is 36.6 Å². The van der Waals surface area contributed by atoms with E-state index in [1.54, 1.807) is 6.92 Å². The first-order valence-corrected chi connectivity index (χ1v) is 9.58. The number of hydrogen-bond acceptors (Lipinski definition) is 9. The van der Waals surface area contributed by atoms with Crippen molar-refractivity contribution in [2.45, 2.75) is 17.9 Å². The van der Waals surface area contributed by atoms with Gasteiger partial charge in [0.05, 0.1) is 18.1 Å². The second-order valence-corrected chi connectivity index (χ2v) is 7.36. The Morgan fingerprint density at radius 2 is 2.21 bits per heavy atom. The Morgan fingerprint density at radius 1 is 1.50 bits per heavy atom. The first kappa shape index (κ1) is 21.6. The van der Waals surface area contributed by atoms with Crippen LogP contribution in [0.2, 0.25) is 5.02 Å². The van der Waals surface area contributed by atoms with E-state index in [0.717, 1.165) is 35.4 Å². The molecule has 28 heavy (non-hydrogen) atoms. The molecule has 0 spiro atoms. The fourth-order valence-electron chi connectivity index (χ4n) is 2.11. The Bertz CT molecular complexity index is 916. The van der Waals surface area contributed by atoms with E-state index in [0.29, 0.717) is 0 Å². The van der Waals surface area contributed by atoms with E-state index in [-0.39, 0.29) is 18.2 Å². The van der Waals surface area contributed by atoms with Crippen LogP contribution in [0.3, 0.4) is 0 Å². The minimum atomic E-state index is -4.35. The number of carbonyl (C=O) groups excluding carboxylic acids is 2. The molecule has 1 aromatic carbocycles. The van der Waals surface area contributed by atoms with Crippen molar-refractivity contribution in [2.75, 3.05) is 19.8 Å². The van der Waals surface area contributed by atoms with Crippen molar-refractivity contribution in [2.24, 2.45) is 0 Å². The molecule has 1 unspecified atom stereocenters. The molecule has 1 atom stereocenters. The molecule has 152 valence electrons. The molecule has 0 aliphatic carbocycles. The highest BCUT2D eigenvalue weighted by Gasteiger charge is 2.32. The average molecular weight is 435 g/mol. The summed E-state index contributed by atoms with van der Waals surface area (Å²) in [6, 6.07) is 2.89. The molecule has 0 saturated carbocycles. The van der Waals surface area contributed by atoms with Crippen LogP contribution in [-0.4, -0.2) is 56.2 Å². The van der Waals surface area contributed by atoms with Gasteiger partial charge in [0.2, 0.25) is 0 Å². The molecule has 0 aromatic heterocycles. The third-order valence-electron chi connectivity index (χ3n) is 3.39. The first-order chi connectivity index (χ1) is 13.1. The van der Waals surface area contributed by atoms with Gasteiger partial charge in [-0.1, -0.05) is 11.6 Å². The van der Waals surface area contributed by atoms with Gasteiger partial charge in [0, 0.05) is 18.3 Å². The summed E-state index contributed by atoms with van der Waals surface area (Å²) < 4.78 is 38.9. The smallest absolute Gasteiger partial charge is 0.414 e. The second-order valence-electron chi connectivity index (χ2n) is 5.33. The number of nitrogens with zero attached hydrogens (tertiary/aromatic N) is 2. The van der Waals surface area contributed by atoms with E-state index >= 15 is 0 Å². The Balaban J connectivity index is 2.00. The number of benzene rings is 1. The fourth-order valence-corrected chi connectivity index (χ4v) is 3.26. The molecule has 1 heterocycles. The predicted octanol–water partition coefficient (Wildman–Crippen LogP) is 1.85.